The van der Waals surface area contributed by atoms with E-state index in [9.17, 15) is 24.6 Å². The van der Waals surface area contributed by atoms with Crippen LogP contribution in [0.3, 0.4) is 0 Å². The Morgan fingerprint density at radius 3 is 2.50 bits per heavy atom. The van der Waals surface area contributed by atoms with Crippen LogP contribution in [0.15, 0.2) is 76.0 Å². The van der Waals surface area contributed by atoms with Crippen molar-refractivity contribution in [3.8, 4) is 0 Å². The fourth-order valence-corrected chi connectivity index (χ4v) is 18.1. The molecule has 0 radical (unpaired) electrons. The number of aliphatic hydroxyl groups is 2. The quantitative estimate of drug-likeness (QED) is 0.129. The maximum atomic E-state index is 15.3. The Kier molecular flexibility index (Phi) is 10.9. The van der Waals surface area contributed by atoms with Crippen LogP contribution in [0.4, 0.5) is 5.82 Å². The van der Waals surface area contributed by atoms with Crippen LogP contribution in [0.1, 0.15) is 133 Å². The number of aromatic nitrogens is 1. The zero-order chi connectivity index (χ0) is 45.1. The number of anilines is 1. The molecule has 1 aromatic rings. The van der Waals surface area contributed by atoms with E-state index in [1.165, 1.54) is 46.3 Å². The summed E-state index contributed by atoms with van der Waals surface area (Å²) < 4.78 is 13.3. The molecule has 13 aliphatic rings. The van der Waals surface area contributed by atoms with Crippen LogP contribution < -0.4 is 5.32 Å². The number of carbonyl (C=O) groups is 4. The fourth-order valence-electron chi connectivity index (χ4n) is 15.7. The summed E-state index contributed by atoms with van der Waals surface area (Å²) in [5, 5.41) is 25.3. The minimum absolute atomic E-state index is 0.0121. The van der Waals surface area contributed by atoms with Gasteiger partial charge in [-0.1, -0.05) is 66.3 Å². The summed E-state index contributed by atoms with van der Waals surface area (Å²) in [7, 11) is 3.04. The predicted molar refractivity (Wildman–Crippen MR) is 252 cm³/mol. The predicted octanol–water partition coefficient (Wildman–Crippen LogP) is 9.42. The SMILES string of the molecule is CCC1(C2=C3OC(=O)C4=C3C(CC2)CC2C3CCC5(C6=CCC(C7CCC(CCCO)CC7)C(O)SSC7C=Cc8c(ccnc8N7)C(CN7C(=O)C=CC7=O)C3=C5C(=O)O6)C42)CCCC1. The van der Waals surface area contributed by atoms with Crippen molar-refractivity contribution in [2.45, 2.75) is 133 Å². The lowest BCUT2D eigenvalue weighted by molar-refractivity contribution is -0.137. The van der Waals surface area contributed by atoms with Crippen LogP contribution in [-0.2, 0) is 28.7 Å². The molecule has 3 N–H and O–H groups in total. The minimum Gasteiger partial charge on any atom is -0.427 e. The molecule has 6 aliphatic heterocycles. The molecule has 11 nitrogen and oxygen atoms in total. The number of imide groups is 1. The van der Waals surface area contributed by atoms with E-state index in [0.29, 0.717) is 35.9 Å². The number of hydrogen-bond acceptors (Lipinski definition) is 12. The number of nitrogens with zero attached hydrogens (tertiary/aromatic N) is 2. The smallest absolute Gasteiger partial charge is 0.340 e. The Morgan fingerprint density at radius 2 is 1.73 bits per heavy atom. The third kappa shape index (κ3) is 6.54. The maximum absolute atomic E-state index is 15.3. The Hall–Kier alpha value is -3.91. The van der Waals surface area contributed by atoms with Crippen molar-refractivity contribution in [2.75, 3.05) is 18.5 Å². The van der Waals surface area contributed by atoms with Crippen LogP contribution in [-0.4, -0.2) is 67.8 Å². The highest BCUT2D eigenvalue weighted by Crippen LogP contribution is 2.73. The molecule has 14 rings (SSSR count). The number of nitrogens with one attached hydrogen (secondary N) is 1. The molecule has 66 heavy (non-hydrogen) atoms. The summed E-state index contributed by atoms with van der Waals surface area (Å²) >= 11 is 0. The first-order valence-electron chi connectivity index (χ1n) is 25.1. The van der Waals surface area contributed by atoms with Gasteiger partial charge in [-0.3, -0.25) is 14.5 Å². The van der Waals surface area contributed by atoms with Crippen molar-refractivity contribution in [3.05, 3.63) is 87.1 Å². The van der Waals surface area contributed by atoms with Crippen LogP contribution in [0.2, 0.25) is 0 Å². The van der Waals surface area contributed by atoms with Gasteiger partial charge in [0.05, 0.1) is 11.0 Å². The van der Waals surface area contributed by atoms with Crippen molar-refractivity contribution in [3.63, 3.8) is 0 Å². The summed E-state index contributed by atoms with van der Waals surface area (Å²) in [6.45, 7) is 2.55. The number of esters is 2. The van der Waals surface area contributed by atoms with Gasteiger partial charge >= 0.3 is 11.9 Å². The van der Waals surface area contributed by atoms with E-state index >= 15 is 4.79 Å². The highest BCUT2D eigenvalue weighted by atomic mass is 33.1. The monoisotopic (exact) mass is 931 g/mol. The lowest BCUT2D eigenvalue weighted by atomic mass is 9.42. The van der Waals surface area contributed by atoms with Gasteiger partial charge in [0.25, 0.3) is 11.8 Å². The third-order valence-corrected chi connectivity index (χ3v) is 21.3. The molecule has 1 aromatic heterocycles. The summed E-state index contributed by atoms with van der Waals surface area (Å²) in [5.74, 6) is 0.506. The number of fused-ring (bicyclic) bond motifs is 6. The van der Waals surface area contributed by atoms with Crippen molar-refractivity contribution in [1.82, 2.24) is 9.88 Å². The number of allylic oxidation sites excluding steroid dienone is 4. The third-order valence-electron chi connectivity index (χ3n) is 18.7. The Labute approximate surface area is 394 Å². The number of hydrogen-bond donors (Lipinski definition) is 3. The molecular weight excluding hydrogens is 871 g/mol. The van der Waals surface area contributed by atoms with Gasteiger partial charge in [0.2, 0.25) is 0 Å². The number of rotatable bonds is 8. The minimum atomic E-state index is -0.973. The van der Waals surface area contributed by atoms with Crippen molar-refractivity contribution >= 4 is 57.2 Å². The lowest BCUT2D eigenvalue weighted by Gasteiger charge is -2.58. The molecule has 2 amide bonds. The summed E-state index contributed by atoms with van der Waals surface area (Å²) in [6.07, 6.45) is 26.9. The Morgan fingerprint density at radius 1 is 0.924 bits per heavy atom. The average molecular weight is 932 g/mol. The van der Waals surface area contributed by atoms with Gasteiger partial charge in [-0.25, -0.2) is 14.6 Å². The van der Waals surface area contributed by atoms with E-state index in [4.69, 9.17) is 14.5 Å². The second kappa shape index (κ2) is 16.7. The van der Waals surface area contributed by atoms with Crippen LogP contribution in [0.25, 0.3) is 6.08 Å². The summed E-state index contributed by atoms with van der Waals surface area (Å²) in [6, 6.07) is 1.98. The first-order chi connectivity index (χ1) is 32.1. The van der Waals surface area contributed by atoms with E-state index in [0.717, 1.165) is 117 Å². The number of pyridine rings is 1. The molecular formula is C53H61N3O8S2. The van der Waals surface area contributed by atoms with Gasteiger partial charge in [0.1, 0.15) is 28.1 Å². The average Bonchev–Trinajstić information content (AvgIpc) is 4.11. The zero-order valence-electron chi connectivity index (χ0n) is 37.8. The molecule has 348 valence electrons. The molecule has 7 aliphatic carbocycles. The topological polar surface area (TPSA) is 155 Å². The lowest BCUT2D eigenvalue weighted by Crippen LogP contribution is -2.54. The second-order valence-electron chi connectivity index (χ2n) is 21.3. The van der Waals surface area contributed by atoms with Gasteiger partial charge in [-0.2, -0.15) is 0 Å². The van der Waals surface area contributed by atoms with Gasteiger partial charge in [-0.05, 0) is 147 Å². The number of ether oxygens (including phenoxy) is 2. The van der Waals surface area contributed by atoms with Gasteiger partial charge in [-0.15, -0.1) is 0 Å². The van der Waals surface area contributed by atoms with E-state index in [1.807, 2.05) is 6.07 Å². The van der Waals surface area contributed by atoms with Crippen molar-refractivity contribution < 1.29 is 38.9 Å². The van der Waals surface area contributed by atoms with E-state index in [2.05, 4.69) is 30.5 Å². The normalized spacial score (nSPS) is 37.4. The molecule has 0 aromatic carbocycles. The molecule has 1 saturated heterocycles. The van der Waals surface area contributed by atoms with E-state index < -0.39 is 22.7 Å². The summed E-state index contributed by atoms with van der Waals surface area (Å²) in [5.41, 5.74) is 4.79. The summed E-state index contributed by atoms with van der Waals surface area (Å²) in [4.78, 5) is 63.4. The Bertz CT molecular complexity index is 2460. The van der Waals surface area contributed by atoms with Crippen LogP contribution >= 0.6 is 21.6 Å². The highest BCUT2D eigenvalue weighted by molar-refractivity contribution is 8.77. The molecule has 3 saturated carbocycles. The molecule has 9 unspecified atom stereocenters. The zero-order valence-corrected chi connectivity index (χ0v) is 39.4. The van der Waals surface area contributed by atoms with Gasteiger partial charge in [0, 0.05) is 66.0 Å². The number of amides is 2. The molecule has 9 bridgehead atoms. The van der Waals surface area contributed by atoms with Crippen LogP contribution in [0.5, 0.6) is 0 Å². The standard InChI is InChI=1S/C53H61N3O8S2/c1-2-52(21-3-4-22-52)37-14-11-30-26-35-33-19-23-53(45(35)44-42(30)47(37)64-49(44)60)38-15-12-31(29-9-7-28(8-10-29)6-5-25-57)51(62)66-65-39-16-13-34-32(20-24-54-48(34)55-39)36(43(33)46(53)50(61)63-38)27-56-40(58)17-18-41(56)59/h13,15-18,20,24,28-31,33,35-36,39,45,51,57,62H,2-12,14,19,21-23,25-27H2,1H3,(H,54,55). The van der Waals surface area contributed by atoms with Crippen molar-refractivity contribution in [2.24, 2.45) is 52.3 Å². The number of carbonyl (C=O) groups excluding carboxylic acids is 4. The second-order valence-corrected chi connectivity index (χ2v) is 23.8. The first kappa shape index (κ1) is 43.4. The van der Waals surface area contributed by atoms with Gasteiger partial charge in [0.15, 0.2) is 0 Å². The molecule has 1 spiro atoms. The van der Waals surface area contributed by atoms with E-state index in [1.54, 1.807) is 17.0 Å². The maximum Gasteiger partial charge on any atom is 0.340 e. The highest BCUT2D eigenvalue weighted by Gasteiger charge is 2.70. The molecule has 9 atom stereocenters. The van der Waals surface area contributed by atoms with E-state index in [-0.39, 0.29) is 77.2 Å². The largest absolute Gasteiger partial charge is 0.427 e. The Balaban J connectivity index is 1.06. The van der Waals surface area contributed by atoms with Crippen molar-refractivity contribution in [1.29, 1.82) is 0 Å². The molecule has 7 heterocycles. The molecule has 13 heteroatoms. The first-order valence-corrected chi connectivity index (χ1v) is 27.4. The fraction of sp³-hybridized carbons (Fsp3) is 0.604. The molecule has 4 fully saturated rings. The van der Waals surface area contributed by atoms with Gasteiger partial charge < -0.3 is 25.0 Å². The van der Waals surface area contributed by atoms with Crippen LogP contribution in [0, 0.1) is 52.3 Å². The number of aliphatic hydroxyl groups excluding tert-OH is 2.